The van der Waals surface area contributed by atoms with Gasteiger partial charge >= 0.3 is 0 Å². The minimum absolute atomic E-state index is 0.0245. The number of carbonyl (C=O) groups excluding carboxylic acids is 1. The van der Waals surface area contributed by atoms with Crippen molar-refractivity contribution >= 4 is 33.4 Å². The molecule has 0 atom stereocenters. The number of nitrogens with zero attached hydrogens (tertiary/aromatic N) is 1. The molecule has 1 heterocycles. The number of amides is 1. The van der Waals surface area contributed by atoms with Gasteiger partial charge in [0.1, 0.15) is 12.3 Å². The van der Waals surface area contributed by atoms with Crippen LogP contribution in [0.1, 0.15) is 11.1 Å². The molecule has 0 saturated heterocycles. The number of benzene rings is 4. The number of pyridine rings is 1. The van der Waals surface area contributed by atoms with Crippen LogP contribution in [0.2, 0.25) is 0 Å². The highest BCUT2D eigenvalue weighted by Gasteiger charge is 2.14. The Hall–Kier alpha value is -4.38. The fraction of sp³-hybridized carbons (Fsp3) is 0.103. The van der Waals surface area contributed by atoms with Crippen molar-refractivity contribution in [3.63, 3.8) is 0 Å². The molecule has 0 aliphatic heterocycles. The van der Waals surface area contributed by atoms with Crippen LogP contribution in [0.5, 0.6) is 5.75 Å². The minimum Gasteiger partial charge on any atom is -0.496 e. The Bertz CT molecular complexity index is 1500. The SMILES string of the molecule is COc1ccc(NC(=O)Cn2c3ccccc3c(=O)c3ccccc32)cc1Cc1ccccc1. The molecule has 1 N–H and O–H groups in total. The predicted octanol–water partition coefficient (Wildman–Crippen LogP) is 5.39. The molecule has 34 heavy (non-hydrogen) atoms. The molecule has 5 aromatic rings. The Morgan fingerprint density at radius 3 is 2.09 bits per heavy atom. The number of hydrogen-bond donors (Lipinski definition) is 1. The van der Waals surface area contributed by atoms with E-state index in [4.69, 9.17) is 4.74 Å². The number of carbonyl (C=O) groups is 1. The first-order valence-electron chi connectivity index (χ1n) is 11.1. The maximum absolute atomic E-state index is 13.1. The Labute approximate surface area is 197 Å². The fourth-order valence-corrected chi connectivity index (χ4v) is 4.40. The minimum atomic E-state index is -0.171. The van der Waals surface area contributed by atoms with E-state index in [2.05, 4.69) is 17.4 Å². The van der Waals surface area contributed by atoms with Crippen molar-refractivity contribution in [1.29, 1.82) is 0 Å². The summed E-state index contributed by atoms with van der Waals surface area (Å²) in [5, 5.41) is 4.22. The van der Waals surface area contributed by atoms with E-state index >= 15 is 0 Å². The first-order valence-corrected chi connectivity index (χ1v) is 11.1. The van der Waals surface area contributed by atoms with Gasteiger partial charge in [-0.2, -0.15) is 0 Å². The summed E-state index contributed by atoms with van der Waals surface area (Å²) in [7, 11) is 1.65. The van der Waals surface area contributed by atoms with Crippen LogP contribution < -0.4 is 15.5 Å². The highest BCUT2D eigenvalue weighted by atomic mass is 16.5. The molecule has 5 nitrogen and oxygen atoms in total. The summed E-state index contributed by atoms with van der Waals surface area (Å²) in [5.74, 6) is 0.606. The number of nitrogens with one attached hydrogen (secondary N) is 1. The third-order valence-corrected chi connectivity index (χ3v) is 5.98. The maximum atomic E-state index is 13.1. The number of methoxy groups -OCH3 is 1. The standard InChI is InChI=1S/C29H24N2O3/c1-34-27-16-15-22(18-21(27)17-20-9-3-2-4-10-20)30-28(32)19-31-25-13-7-5-11-23(25)29(33)24-12-6-8-14-26(24)31/h2-16,18H,17,19H2,1H3,(H,30,32). The van der Waals surface area contributed by atoms with Gasteiger partial charge < -0.3 is 14.6 Å². The normalized spacial score (nSPS) is 11.0. The van der Waals surface area contributed by atoms with Gasteiger partial charge in [0.25, 0.3) is 0 Å². The zero-order valence-electron chi connectivity index (χ0n) is 18.8. The quantitative estimate of drug-likeness (QED) is 0.354. The smallest absolute Gasteiger partial charge is 0.244 e. The molecule has 0 bridgehead atoms. The molecule has 1 amide bonds. The van der Waals surface area contributed by atoms with E-state index in [-0.39, 0.29) is 17.9 Å². The van der Waals surface area contributed by atoms with Crippen molar-refractivity contribution in [1.82, 2.24) is 4.57 Å². The molecule has 0 fully saturated rings. The largest absolute Gasteiger partial charge is 0.496 e. The van der Waals surface area contributed by atoms with Crippen molar-refractivity contribution in [2.45, 2.75) is 13.0 Å². The first-order chi connectivity index (χ1) is 16.6. The molecule has 1 aromatic heterocycles. The van der Waals surface area contributed by atoms with E-state index in [1.807, 2.05) is 77.4 Å². The molecule has 0 unspecified atom stereocenters. The van der Waals surface area contributed by atoms with E-state index in [0.717, 1.165) is 27.9 Å². The lowest BCUT2D eigenvalue weighted by Crippen LogP contribution is -2.21. The molecule has 168 valence electrons. The van der Waals surface area contributed by atoms with Gasteiger partial charge in [-0.3, -0.25) is 9.59 Å². The lowest BCUT2D eigenvalue weighted by molar-refractivity contribution is -0.116. The second kappa shape index (κ2) is 9.24. The van der Waals surface area contributed by atoms with Crippen molar-refractivity contribution in [3.8, 4) is 5.75 Å². The van der Waals surface area contributed by atoms with Crippen LogP contribution >= 0.6 is 0 Å². The van der Waals surface area contributed by atoms with Crippen LogP contribution in [-0.4, -0.2) is 17.6 Å². The van der Waals surface area contributed by atoms with Crippen LogP contribution in [-0.2, 0) is 17.8 Å². The summed E-state index contributed by atoms with van der Waals surface area (Å²) >= 11 is 0. The summed E-state index contributed by atoms with van der Waals surface area (Å²) in [6.45, 7) is 0.0847. The van der Waals surface area contributed by atoms with E-state index < -0.39 is 0 Å². The van der Waals surface area contributed by atoms with E-state index in [1.165, 1.54) is 0 Å². The second-order valence-electron chi connectivity index (χ2n) is 8.19. The number of anilines is 1. The molecule has 0 saturated carbocycles. The maximum Gasteiger partial charge on any atom is 0.244 e. The van der Waals surface area contributed by atoms with E-state index in [9.17, 15) is 9.59 Å². The molecule has 5 rings (SSSR count). The molecule has 0 spiro atoms. The molecule has 5 heteroatoms. The number of rotatable bonds is 6. The van der Waals surface area contributed by atoms with Crippen LogP contribution in [0.15, 0.2) is 102 Å². The highest BCUT2D eigenvalue weighted by molar-refractivity contribution is 5.97. The summed E-state index contributed by atoms with van der Waals surface area (Å²) < 4.78 is 7.43. The average molecular weight is 449 g/mol. The molecular weight excluding hydrogens is 424 g/mol. The summed E-state index contributed by atoms with van der Waals surface area (Å²) in [5.41, 5.74) is 4.30. The van der Waals surface area contributed by atoms with Gasteiger partial charge in [0, 0.05) is 28.4 Å². The number of aromatic nitrogens is 1. The molecule has 0 aliphatic carbocycles. The van der Waals surface area contributed by atoms with Crippen LogP contribution in [0.3, 0.4) is 0 Å². The Kier molecular flexibility index (Phi) is 5.83. The van der Waals surface area contributed by atoms with Crippen molar-refractivity contribution in [2.75, 3.05) is 12.4 Å². The third kappa shape index (κ3) is 4.16. The van der Waals surface area contributed by atoms with E-state index in [0.29, 0.717) is 22.9 Å². The number of fused-ring (bicyclic) bond motifs is 2. The number of ether oxygens (including phenoxy) is 1. The van der Waals surface area contributed by atoms with Crippen LogP contribution in [0.25, 0.3) is 21.8 Å². The Morgan fingerprint density at radius 1 is 0.824 bits per heavy atom. The fourth-order valence-electron chi connectivity index (χ4n) is 4.40. The van der Waals surface area contributed by atoms with Gasteiger partial charge in [0.05, 0.1) is 18.1 Å². The lowest BCUT2D eigenvalue weighted by Gasteiger charge is -2.16. The Balaban J connectivity index is 1.46. The predicted molar refractivity (Wildman–Crippen MR) is 137 cm³/mol. The van der Waals surface area contributed by atoms with Gasteiger partial charge in [-0.25, -0.2) is 0 Å². The van der Waals surface area contributed by atoms with Gasteiger partial charge in [-0.15, -0.1) is 0 Å². The summed E-state index contributed by atoms with van der Waals surface area (Å²) in [4.78, 5) is 26.1. The van der Waals surface area contributed by atoms with Gasteiger partial charge in [-0.1, -0.05) is 54.6 Å². The van der Waals surface area contributed by atoms with Gasteiger partial charge in [0.2, 0.25) is 5.91 Å². The molecule has 0 aliphatic rings. The van der Waals surface area contributed by atoms with E-state index in [1.54, 1.807) is 19.2 Å². The molecular formula is C29H24N2O3. The monoisotopic (exact) mass is 448 g/mol. The van der Waals surface area contributed by atoms with Crippen molar-refractivity contribution in [3.05, 3.63) is 118 Å². The van der Waals surface area contributed by atoms with Crippen LogP contribution in [0.4, 0.5) is 5.69 Å². The molecule has 0 radical (unpaired) electrons. The first kappa shape index (κ1) is 21.5. The van der Waals surface area contributed by atoms with Crippen molar-refractivity contribution in [2.24, 2.45) is 0 Å². The summed E-state index contributed by atoms with van der Waals surface area (Å²) in [6, 6.07) is 30.6. The second-order valence-corrected chi connectivity index (χ2v) is 8.19. The van der Waals surface area contributed by atoms with Gasteiger partial charge in [0.15, 0.2) is 5.43 Å². The lowest BCUT2D eigenvalue weighted by atomic mass is 10.0. The van der Waals surface area contributed by atoms with Gasteiger partial charge in [-0.05, 0) is 48.0 Å². The number of para-hydroxylation sites is 2. The molecule has 4 aromatic carbocycles. The van der Waals surface area contributed by atoms with Crippen LogP contribution in [0, 0.1) is 0 Å². The highest BCUT2D eigenvalue weighted by Crippen LogP contribution is 2.26. The summed E-state index contributed by atoms with van der Waals surface area (Å²) in [6.07, 6.45) is 0.697. The third-order valence-electron chi connectivity index (χ3n) is 5.98. The zero-order valence-corrected chi connectivity index (χ0v) is 18.8. The zero-order chi connectivity index (χ0) is 23.5. The Morgan fingerprint density at radius 2 is 1.44 bits per heavy atom. The van der Waals surface area contributed by atoms with Crippen molar-refractivity contribution < 1.29 is 9.53 Å². The number of hydrogen-bond acceptors (Lipinski definition) is 3. The topological polar surface area (TPSA) is 60.3 Å². The average Bonchev–Trinajstić information content (AvgIpc) is 2.87.